The molecule has 0 fully saturated rings. The van der Waals surface area contributed by atoms with Crippen LogP contribution in [-0.2, 0) is 5.60 Å². The summed E-state index contributed by atoms with van der Waals surface area (Å²) >= 11 is 0. The first-order chi connectivity index (χ1) is 10.5. The molecule has 2 aromatic rings. The molecule has 0 heterocycles. The van der Waals surface area contributed by atoms with Gasteiger partial charge in [-0.3, -0.25) is 4.90 Å². The van der Waals surface area contributed by atoms with E-state index in [0.717, 1.165) is 11.1 Å². The van der Waals surface area contributed by atoms with Crippen LogP contribution in [0.5, 0.6) is 0 Å². The summed E-state index contributed by atoms with van der Waals surface area (Å²) in [7, 11) is 2.03. The zero-order chi connectivity index (χ0) is 16.0. The van der Waals surface area contributed by atoms with Gasteiger partial charge in [-0.25, -0.2) is 0 Å². The molecule has 0 aliphatic heterocycles. The quantitative estimate of drug-likeness (QED) is 0.865. The summed E-state index contributed by atoms with van der Waals surface area (Å²) < 4.78 is 0. The van der Waals surface area contributed by atoms with Crippen LogP contribution in [0.3, 0.4) is 0 Å². The highest BCUT2D eigenvalue weighted by Crippen LogP contribution is 2.28. The van der Waals surface area contributed by atoms with Crippen molar-refractivity contribution in [1.82, 2.24) is 4.90 Å². The number of nitrogens with zero attached hydrogens (tertiary/aromatic N) is 1. The van der Waals surface area contributed by atoms with E-state index in [-0.39, 0.29) is 12.4 Å². The lowest BCUT2D eigenvalue weighted by Gasteiger charge is -2.24. The standard InChI is InChI=1S/C20H23NO.ClH/c1-17(2)21(3)16-10-15-20(22,18-11-6-4-7-12-18)19-13-8-5-9-14-19;/h4-9,11-14,17,22H,16H2,1-3H3;1H. The van der Waals surface area contributed by atoms with Gasteiger partial charge in [0.2, 0.25) is 0 Å². The molecule has 2 nitrogen and oxygen atoms in total. The molecule has 0 saturated heterocycles. The van der Waals surface area contributed by atoms with Gasteiger partial charge in [-0.05, 0) is 20.9 Å². The fourth-order valence-corrected chi connectivity index (χ4v) is 2.14. The fourth-order valence-electron chi connectivity index (χ4n) is 2.14. The van der Waals surface area contributed by atoms with Gasteiger partial charge < -0.3 is 5.11 Å². The van der Waals surface area contributed by atoms with E-state index in [1.807, 2.05) is 67.7 Å². The predicted molar refractivity (Wildman–Crippen MR) is 98.7 cm³/mol. The Morgan fingerprint density at radius 3 is 1.78 bits per heavy atom. The summed E-state index contributed by atoms with van der Waals surface area (Å²) in [5.41, 5.74) is 0.308. The summed E-state index contributed by atoms with van der Waals surface area (Å²) in [4.78, 5) is 2.14. The molecule has 1 N–H and O–H groups in total. The van der Waals surface area contributed by atoms with Gasteiger partial charge in [0.05, 0.1) is 6.54 Å². The van der Waals surface area contributed by atoms with Gasteiger partial charge in [0.1, 0.15) is 0 Å². The number of rotatable bonds is 4. The summed E-state index contributed by atoms with van der Waals surface area (Å²) in [5.74, 6) is 6.21. The molecule has 0 amide bonds. The van der Waals surface area contributed by atoms with Gasteiger partial charge in [-0.1, -0.05) is 72.5 Å². The minimum Gasteiger partial charge on any atom is -0.369 e. The van der Waals surface area contributed by atoms with E-state index < -0.39 is 5.60 Å². The number of benzene rings is 2. The Labute approximate surface area is 145 Å². The van der Waals surface area contributed by atoms with E-state index in [1.165, 1.54) is 0 Å². The summed E-state index contributed by atoms with van der Waals surface area (Å²) in [6, 6.07) is 19.6. The fraction of sp³-hybridized carbons (Fsp3) is 0.300. The zero-order valence-corrected chi connectivity index (χ0v) is 14.7. The van der Waals surface area contributed by atoms with E-state index in [0.29, 0.717) is 12.6 Å². The maximum Gasteiger partial charge on any atom is 0.176 e. The van der Waals surface area contributed by atoms with Gasteiger partial charge in [0.15, 0.2) is 5.60 Å². The average Bonchev–Trinajstić information content (AvgIpc) is 2.56. The first kappa shape index (κ1) is 19.3. The molecule has 122 valence electrons. The van der Waals surface area contributed by atoms with Crippen molar-refractivity contribution in [3.8, 4) is 11.8 Å². The second-order valence-electron chi connectivity index (χ2n) is 5.75. The smallest absolute Gasteiger partial charge is 0.176 e. The highest BCUT2D eigenvalue weighted by Gasteiger charge is 2.28. The van der Waals surface area contributed by atoms with Crippen molar-refractivity contribution in [2.75, 3.05) is 13.6 Å². The van der Waals surface area contributed by atoms with Crippen molar-refractivity contribution >= 4 is 12.4 Å². The van der Waals surface area contributed by atoms with E-state index in [1.54, 1.807) is 0 Å². The van der Waals surface area contributed by atoms with Crippen LogP contribution in [0.4, 0.5) is 0 Å². The average molecular weight is 330 g/mol. The van der Waals surface area contributed by atoms with Crippen molar-refractivity contribution in [3.05, 3.63) is 71.8 Å². The van der Waals surface area contributed by atoms with Gasteiger partial charge in [0, 0.05) is 17.2 Å². The minimum absolute atomic E-state index is 0. The highest BCUT2D eigenvalue weighted by molar-refractivity contribution is 5.85. The number of hydrogen-bond donors (Lipinski definition) is 1. The SMILES string of the molecule is CC(C)N(C)CC#CC(O)(c1ccccc1)c1ccccc1.Cl. The number of aliphatic hydroxyl groups is 1. The Balaban J connectivity index is 0.00000264. The van der Waals surface area contributed by atoms with Crippen molar-refractivity contribution in [3.63, 3.8) is 0 Å². The Morgan fingerprint density at radius 2 is 1.39 bits per heavy atom. The number of hydrogen-bond acceptors (Lipinski definition) is 2. The molecule has 0 spiro atoms. The zero-order valence-electron chi connectivity index (χ0n) is 13.9. The molecule has 23 heavy (non-hydrogen) atoms. The van der Waals surface area contributed by atoms with Gasteiger partial charge in [-0.15, -0.1) is 12.4 Å². The molecular weight excluding hydrogens is 306 g/mol. The van der Waals surface area contributed by atoms with E-state index in [2.05, 4.69) is 30.6 Å². The van der Waals surface area contributed by atoms with Crippen LogP contribution in [0.25, 0.3) is 0 Å². The van der Waals surface area contributed by atoms with Gasteiger partial charge in [0.25, 0.3) is 0 Å². The molecule has 0 radical (unpaired) electrons. The van der Waals surface area contributed by atoms with E-state index in [9.17, 15) is 5.11 Å². The molecule has 2 aromatic carbocycles. The molecular formula is C20H24ClNO. The topological polar surface area (TPSA) is 23.5 Å². The maximum atomic E-state index is 11.2. The van der Waals surface area contributed by atoms with Crippen molar-refractivity contribution in [2.24, 2.45) is 0 Å². The molecule has 0 unspecified atom stereocenters. The minimum atomic E-state index is -1.28. The highest BCUT2D eigenvalue weighted by atomic mass is 35.5. The van der Waals surface area contributed by atoms with Gasteiger partial charge >= 0.3 is 0 Å². The Morgan fingerprint density at radius 1 is 0.957 bits per heavy atom. The third-order valence-corrected chi connectivity index (χ3v) is 3.86. The Bertz CT molecular complexity index is 604. The first-order valence-electron chi connectivity index (χ1n) is 7.57. The molecule has 2 rings (SSSR count). The largest absolute Gasteiger partial charge is 0.369 e. The second kappa shape index (κ2) is 8.74. The van der Waals surface area contributed by atoms with Crippen LogP contribution in [0, 0.1) is 11.8 Å². The van der Waals surface area contributed by atoms with Crippen LogP contribution >= 0.6 is 12.4 Å². The van der Waals surface area contributed by atoms with Crippen molar-refractivity contribution in [1.29, 1.82) is 0 Å². The molecule has 0 saturated carbocycles. The Kier molecular flexibility index (Phi) is 7.32. The second-order valence-corrected chi connectivity index (χ2v) is 5.75. The Hall–Kier alpha value is -1.79. The van der Waals surface area contributed by atoms with Crippen molar-refractivity contribution < 1.29 is 5.11 Å². The van der Waals surface area contributed by atoms with E-state index >= 15 is 0 Å². The van der Waals surface area contributed by atoms with E-state index in [4.69, 9.17) is 0 Å². The van der Waals surface area contributed by atoms with Crippen LogP contribution < -0.4 is 0 Å². The molecule has 0 aromatic heterocycles. The molecule has 0 aliphatic rings. The third kappa shape index (κ3) is 4.84. The summed E-state index contributed by atoms with van der Waals surface area (Å²) in [6.07, 6.45) is 0. The lowest BCUT2D eigenvalue weighted by Crippen LogP contribution is -2.28. The summed E-state index contributed by atoms with van der Waals surface area (Å²) in [5, 5.41) is 11.2. The molecule has 0 atom stereocenters. The molecule has 3 heteroatoms. The lowest BCUT2D eigenvalue weighted by molar-refractivity contribution is 0.145. The molecule has 0 aliphatic carbocycles. The van der Waals surface area contributed by atoms with Gasteiger partial charge in [-0.2, -0.15) is 0 Å². The van der Waals surface area contributed by atoms with Crippen LogP contribution in [0.15, 0.2) is 60.7 Å². The predicted octanol–water partition coefficient (Wildman–Crippen LogP) is 3.69. The maximum absolute atomic E-state index is 11.2. The lowest BCUT2D eigenvalue weighted by atomic mass is 9.87. The molecule has 0 bridgehead atoms. The van der Waals surface area contributed by atoms with Crippen LogP contribution in [0.2, 0.25) is 0 Å². The van der Waals surface area contributed by atoms with Crippen LogP contribution in [0.1, 0.15) is 25.0 Å². The first-order valence-corrected chi connectivity index (χ1v) is 7.57. The normalized spacial score (nSPS) is 10.9. The van der Waals surface area contributed by atoms with Crippen molar-refractivity contribution in [2.45, 2.75) is 25.5 Å². The summed E-state index contributed by atoms with van der Waals surface area (Å²) in [6.45, 7) is 4.88. The number of halogens is 1. The van der Waals surface area contributed by atoms with Crippen LogP contribution in [-0.4, -0.2) is 29.6 Å². The monoisotopic (exact) mass is 329 g/mol. The third-order valence-electron chi connectivity index (χ3n) is 3.86.